The summed E-state index contributed by atoms with van der Waals surface area (Å²) in [7, 11) is 0. The summed E-state index contributed by atoms with van der Waals surface area (Å²) in [6, 6.07) is 14.9. The molecule has 0 saturated heterocycles. The van der Waals surface area contributed by atoms with Crippen LogP contribution in [0.25, 0.3) is 10.9 Å². The Balaban J connectivity index is 1.63. The van der Waals surface area contributed by atoms with E-state index in [9.17, 15) is 0 Å². The van der Waals surface area contributed by atoms with Crippen molar-refractivity contribution >= 4 is 63.3 Å². The normalized spacial score (nSPS) is 10.9. The van der Waals surface area contributed by atoms with Gasteiger partial charge in [-0.05, 0) is 54.2 Å². The van der Waals surface area contributed by atoms with Crippen LogP contribution >= 0.6 is 35.4 Å². The van der Waals surface area contributed by atoms with Crippen molar-refractivity contribution in [3.05, 3.63) is 70.3 Å². The largest absolute Gasteiger partial charge is 0.330 e. The van der Waals surface area contributed by atoms with E-state index in [2.05, 4.69) is 20.8 Å². The molecule has 0 bridgehead atoms. The number of rotatable bonds is 3. The Bertz CT molecular complexity index is 927. The number of nitrogens with one attached hydrogen (secondary N) is 2. The number of nitrogens with zero attached hydrogens (tertiary/aromatic N) is 2. The van der Waals surface area contributed by atoms with E-state index in [0.717, 1.165) is 16.5 Å². The SMILES string of the molecule is S=C(N/N=C\c1ccc2ncccc2c1)Nc1ccc(Cl)cc1Cl. The summed E-state index contributed by atoms with van der Waals surface area (Å²) in [4.78, 5) is 4.28. The van der Waals surface area contributed by atoms with Crippen molar-refractivity contribution < 1.29 is 0 Å². The molecule has 0 fully saturated rings. The first-order chi connectivity index (χ1) is 11.6. The third kappa shape index (κ3) is 4.20. The van der Waals surface area contributed by atoms with Gasteiger partial charge in [0.2, 0.25) is 0 Å². The van der Waals surface area contributed by atoms with Crippen LogP contribution < -0.4 is 10.7 Å². The highest BCUT2D eigenvalue weighted by Crippen LogP contribution is 2.25. The lowest BCUT2D eigenvalue weighted by atomic mass is 10.1. The Hall–Kier alpha value is -2.21. The molecule has 0 saturated carbocycles. The fraction of sp³-hybridized carbons (Fsp3) is 0. The van der Waals surface area contributed by atoms with E-state index in [1.165, 1.54) is 0 Å². The van der Waals surface area contributed by atoms with Gasteiger partial charge in [0, 0.05) is 16.6 Å². The second-order valence-electron chi connectivity index (χ2n) is 4.90. The highest BCUT2D eigenvalue weighted by molar-refractivity contribution is 7.80. The second-order valence-corrected chi connectivity index (χ2v) is 6.16. The van der Waals surface area contributed by atoms with Crippen LogP contribution in [-0.2, 0) is 0 Å². The monoisotopic (exact) mass is 374 g/mol. The first-order valence-electron chi connectivity index (χ1n) is 7.02. The average molecular weight is 375 g/mol. The van der Waals surface area contributed by atoms with Gasteiger partial charge in [0.05, 0.1) is 22.4 Å². The van der Waals surface area contributed by atoms with Crippen LogP contribution in [0.3, 0.4) is 0 Å². The minimum atomic E-state index is 0.331. The lowest BCUT2D eigenvalue weighted by Crippen LogP contribution is -2.24. The number of pyridine rings is 1. The molecule has 1 aromatic heterocycles. The second kappa shape index (κ2) is 7.57. The van der Waals surface area contributed by atoms with Crippen LogP contribution in [0.15, 0.2) is 59.8 Å². The lowest BCUT2D eigenvalue weighted by Gasteiger charge is -2.08. The molecule has 0 atom stereocenters. The van der Waals surface area contributed by atoms with Gasteiger partial charge < -0.3 is 5.32 Å². The predicted octanol–water partition coefficient (Wildman–Crippen LogP) is 4.86. The number of anilines is 1. The fourth-order valence-electron chi connectivity index (χ4n) is 2.08. The molecule has 120 valence electrons. The first kappa shape index (κ1) is 16.6. The summed E-state index contributed by atoms with van der Waals surface area (Å²) < 4.78 is 0. The van der Waals surface area contributed by atoms with Gasteiger partial charge in [-0.2, -0.15) is 5.10 Å². The molecule has 0 aliphatic carbocycles. The van der Waals surface area contributed by atoms with Crippen molar-refractivity contribution in [3.63, 3.8) is 0 Å². The van der Waals surface area contributed by atoms with Crippen LogP contribution in [0.1, 0.15) is 5.56 Å². The Morgan fingerprint density at radius 2 is 2.00 bits per heavy atom. The van der Waals surface area contributed by atoms with Crippen molar-refractivity contribution in [2.75, 3.05) is 5.32 Å². The van der Waals surface area contributed by atoms with Gasteiger partial charge in [-0.3, -0.25) is 10.4 Å². The van der Waals surface area contributed by atoms with Crippen LogP contribution in [0, 0.1) is 0 Å². The van der Waals surface area contributed by atoms with E-state index in [0.29, 0.717) is 20.8 Å². The molecule has 4 nitrogen and oxygen atoms in total. The van der Waals surface area contributed by atoms with Gasteiger partial charge in [0.15, 0.2) is 5.11 Å². The molecule has 2 N–H and O–H groups in total. The van der Waals surface area contributed by atoms with Gasteiger partial charge in [-0.15, -0.1) is 0 Å². The molecule has 2 aromatic carbocycles. The molecule has 24 heavy (non-hydrogen) atoms. The Labute approximate surface area is 154 Å². The molecule has 1 heterocycles. The quantitative estimate of drug-likeness (QED) is 0.390. The molecule has 0 aliphatic rings. The smallest absolute Gasteiger partial charge is 0.191 e. The predicted molar refractivity (Wildman–Crippen MR) is 105 cm³/mol. The van der Waals surface area contributed by atoms with E-state index in [-0.39, 0.29) is 0 Å². The topological polar surface area (TPSA) is 49.3 Å². The van der Waals surface area contributed by atoms with Gasteiger partial charge in [-0.25, -0.2) is 0 Å². The summed E-state index contributed by atoms with van der Waals surface area (Å²) in [5.41, 5.74) is 5.29. The Morgan fingerprint density at radius 1 is 1.12 bits per heavy atom. The van der Waals surface area contributed by atoms with Crippen LogP contribution in [0.5, 0.6) is 0 Å². The number of hydrogen-bond acceptors (Lipinski definition) is 3. The van der Waals surface area contributed by atoms with E-state index in [1.54, 1.807) is 30.6 Å². The minimum absolute atomic E-state index is 0.331. The van der Waals surface area contributed by atoms with E-state index in [1.807, 2.05) is 30.3 Å². The highest BCUT2D eigenvalue weighted by Gasteiger charge is 2.02. The van der Waals surface area contributed by atoms with Crippen LogP contribution in [0.4, 0.5) is 5.69 Å². The van der Waals surface area contributed by atoms with E-state index >= 15 is 0 Å². The number of aromatic nitrogens is 1. The summed E-state index contributed by atoms with van der Waals surface area (Å²) in [6.07, 6.45) is 3.45. The first-order valence-corrected chi connectivity index (χ1v) is 8.18. The molecule has 0 amide bonds. The van der Waals surface area contributed by atoms with Crippen LogP contribution in [-0.4, -0.2) is 16.3 Å². The number of thiocarbonyl (C=S) groups is 1. The van der Waals surface area contributed by atoms with Crippen molar-refractivity contribution in [2.45, 2.75) is 0 Å². The fourth-order valence-corrected chi connectivity index (χ4v) is 2.70. The standard InChI is InChI=1S/C17H12Cl2N4S/c18-13-4-6-16(14(19)9-13)22-17(24)23-21-10-11-3-5-15-12(8-11)2-1-7-20-15/h1-10H,(H2,22,23,24)/b21-10-. The number of fused-ring (bicyclic) bond motifs is 1. The maximum absolute atomic E-state index is 6.08. The molecule has 0 radical (unpaired) electrons. The number of hydrogen-bond donors (Lipinski definition) is 2. The summed E-state index contributed by atoms with van der Waals surface area (Å²) in [5.74, 6) is 0. The molecule has 3 aromatic rings. The van der Waals surface area contributed by atoms with Crippen molar-refractivity contribution in [1.29, 1.82) is 0 Å². The zero-order valence-electron chi connectivity index (χ0n) is 12.3. The zero-order chi connectivity index (χ0) is 16.9. The molecule has 7 heteroatoms. The summed E-state index contributed by atoms with van der Waals surface area (Å²) in [5, 5.41) is 9.51. The van der Waals surface area contributed by atoms with Gasteiger partial charge in [0.25, 0.3) is 0 Å². The van der Waals surface area contributed by atoms with Crippen molar-refractivity contribution in [3.8, 4) is 0 Å². The van der Waals surface area contributed by atoms with Gasteiger partial charge in [0.1, 0.15) is 0 Å². The molecular formula is C17H12Cl2N4S. The maximum Gasteiger partial charge on any atom is 0.191 e. The summed E-state index contributed by atoms with van der Waals surface area (Å²) in [6.45, 7) is 0. The van der Waals surface area contributed by atoms with E-state index in [4.69, 9.17) is 35.4 Å². The van der Waals surface area contributed by atoms with Crippen molar-refractivity contribution in [1.82, 2.24) is 10.4 Å². The molecule has 3 rings (SSSR count). The van der Waals surface area contributed by atoms with Crippen LogP contribution in [0.2, 0.25) is 10.0 Å². The van der Waals surface area contributed by atoms with Gasteiger partial charge in [-0.1, -0.05) is 35.3 Å². The molecule has 0 aliphatic heterocycles. The van der Waals surface area contributed by atoms with Gasteiger partial charge >= 0.3 is 0 Å². The molecule has 0 spiro atoms. The number of halogens is 2. The van der Waals surface area contributed by atoms with Crippen molar-refractivity contribution in [2.24, 2.45) is 5.10 Å². The lowest BCUT2D eigenvalue weighted by molar-refractivity contribution is 1.05. The van der Waals surface area contributed by atoms with E-state index < -0.39 is 0 Å². The maximum atomic E-state index is 6.08. The summed E-state index contributed by atoms with van der Waals surface area (Å²) >= 11 is 17.1. The third-order valence-electron chi connectivity index (χ3n) is 3.19. The minimum Gasteiger partial charge on any atom is -0.330 e. The number of hydrazone groups is 1. The molecular weight excluding hydrogens is 363 g/mol. The zero-order valence-corrected chi connectivity index (χ0v) is 14.7. The number of benzene rings is 2. The third-order valence-corrected chi connectivity index (χ3v) is 3.93. The highest BCUT2D eigenvalue weighted by atomic mass is 35.5. The Morgan fingerprint density at radius 3 is 2.83 bits per heavy atom. The molecule has 0 unspecified atom stereocenters. The average Bonchev–Trinajstić information content (AvgIpc) is 2.57. The Kier molecular flexibility index (Phi) is 5.25.